The molecule has 1 aliphatic carbocycles. The molecule has 0 spiro atoms. The highest BCUT2D eigenvalue weighted by Crippen LogP contribution is 2.17. The van der Waals surface area contributed by atoms with E-state index in [1.807, 2.05) is 0 Å². The van der Waals surface area contributed by atoms with Gasteiger partial charge in [0.15, 0.2) is 0 Å². The number of amides is 1. The Bertz CT molecular complexity index is 407. The van der Waals surface area contributed by atoms with E-state index >= 15 is 0 Å². The average Bonchev–Trinajstić information content (AvgIpc) is 2.89. The molecule has 1 atom stereocenters. The molecule has 0 unspecified atom stereocenters. The zero-order valence-corrected chi connectivity index (χ0v) is 11.9. The molecule has 3 nitrogen and oxygen atoms in total. The fourth-order valence-corrected chi connectivity index (χ4v) is 2.57. The van der Waals surface area contributed by atoms with E-state index in [4.69, 9.17) is 0 Å². The predicted octanol–water partition coefficient (Wildman–Crippen LogP) is 2.70. The molecule has 1 amide bonds. The first-order valence-corrected chi connectivity index (χ1v) is 7.24. The quantitative estimate of drug-likeness (QED) is 0.854. The van der Waals surface area contributed by atoms with Crippen LogP contribution in [0.15, 0.2) is 24.3 Å². The van der Waals surface area contributed by atoms with Crippen molar-refractivity contribution in [3.63, 3.8) is 0 Å². The van der Waals surface area contributed by atoms with E-state index in [9.17, 15) is 4.79 Å². The number of aryl methyl sites for hydroxylation is 1. The molecule has 104 valence electrons. The second-order valence-electron chi connectivity index (χ2n) is 5.56. The zero-order valence-electron chi connectivity index (χ0n) is 11.9. The minimum absolute atomic E-state index is 0.117. The van der Waals surface area contributed by atoms with Crippen molar-refractivity contribution in [2.75, 3.05) is 6.54 Å². The van der Waals surface area contributed by atoms with Crippen molar-refractivity contribution >= 4 is 5.91 Å². The molecule has 3 heteroatoms. The van der Waals surface area contributed by atoms with Crippen LogP contribution in [0.5, 0.6) is 0 Å². The largest absolute Gasteiger partial charge is 0.352 e. The van der Waals surface area contributed by atoms with Crippen LogP contribution in [0, 0.1) is 6.92 Å². The van der Waals surface area contributed by atoms with Gasteiger partial charge >= 0.3 is 0 Å². The summed E-state index contributed by atoms with van der Waals surface area (Å²) in [5, 5.41) is 6.37. The van der Waals surface area contributed by atoms with Gasteiger partial charge in [-0.25, -0.2) is 0 Å². The molecule has 1 fully saturated rings. The van der Waals surface area contributed by atoms with Gasteiger partial charge in [0.2, 0.25) is 5.91 Å². The SMILES string of the molecule is Cc1ccc([C@@H](C)NCC(=O)NC2CCCC2)cc1. The lowest BCUT2D eigenvalue weighted by molar-refractivity contribution is -0.121. The molecule has 2 rings (SSSR count). The van der Waals surface area contributed by atoms with E-state index in [2.05, 4.69) is 48.7 Å². The highest BCUT2D eigenvalue weighted by Gasteiger charge is 2.17. The summed E-state index contributed by atoms with van der Waals surface area (Å²) in [5.74, 6) is 0.117. The number of carbonyl (C=O) groups is 1. The van der Waals surface area contributed by atoms with Gasteiger partial charge in [0, 0.05) is 12.1 Å². The summed E-state index contributed by atoms with van der Waals surface area (Å²) in [6.45, 7) is 4.57. The average molecular weight is 260 g/mol. The maximum absolute atomic E-state index is 11.8. The van der Waals surface area contributed by atoms with Crippen LogP contribution in [-0.4, -0.2) is 18.5 Å². The molecule has 0 heterocycles. The number of hydrogen-bond donors (Lipinski definition) is 2. The third kappa shape index (κ3) is 4.35. The molecule has 2 N–H and O–H groups in total. The van der Waals surface area contributed by atoms with Crippen LogP contribution in [0.3, 0.4) is 0 Å². The van der Waals surface area contributed by atoms with Gasteiger partial charge in [0.05, 0.1) is 6.54 Å². The number of nitrogens with one attached hydrogen (secondary N) is 2. The summed E-state index contributed by atoms with van der Waals surface area (Å²) < 4.78 is 0. The lowest BCUT2D eigenvalue weighted by Crippen LogP contribution is -2.39. The third-order valence-electron chi connectivity index (χ3n) is 3.87. The number of carbonyl (C=O) groups excluding carboxylic acids is 1. The number of hydrogen-bond acceptors (Lipinski definition) is 2. The topological polar surface area (TPSA) is 41.1 Å². The molecule has 1 saturated carbocycles. The van der Waals surface area contributed by atoms with Gasteiger partial charge in [0.25, 0.3) is 0 Å². The van der Waals surface area contributed by atoms with Crippen molar-refractivity contribution in [3.05, 3.63) is 35.4 Å². The van der Waals surface area contributed by atoms with E-state index in [0.29, 0.717) is 12.6 Å². The Balaban J connectivity index is 1.74. The number of benzene rings is 1. The van der Waals surface area contributed by atoms with Crippen molar-refractivity contribution in [1.82, 2.24) is 10.6 Å². The highest BCUT2D eigenvalue weighted by molar-refractivity contribution is 5.78. The summed E-state index contributed by atoms with van der Waals surface area (Å²) in [6, 6.07) is 9.04. The summed E-state index contributed by atoms with van der Waals surface area (Å²) >= 11 is 0. The van der Waals surface area contributed by atoms with Gasteiger partial charge < -0.3 is 10.6 Å². The van der Waals surface area contributed by atoms with Gasteiger partial charge in [-0.05, 0) is 32.3 Å². The van der Waals surface area contributed by atoms with E-state index in [0.717, 1.165) is 12.8 Å². The van der Waals surface area contributed by atoms with Gasteiger partial charge in [-0.1, -0.05) is 42.7 Å². The second-order valence-corrected chi connectivity index (χ2v) is 5.56. The Morgan fingerprint density at radius 1 is 1.26 bits per heavy atom. The summed E-state index contributed by atoms with van der Waals surface area (Å²) in [7, 11) is 0. The minimum atomic E-state index is 0.117. The molecule has 1 aliphatic rings. The molecular formula is C16H24N2O. The Morgan fingerprint density at radius 3 is 2.53 bits per heavy atom. The summed E-state index contributed by atoms with van der Waals surface area (Å²) in [4.78, 5) is 11.8. The van der Waals surface area contributed by atoms with Gasteiger partial charge in [-0.15, -0.1) is 0 Å². The van der Waals surface area contributed by atoms with E-state index in [1.165, 1.54) is 24.0 Å². The molecule has 1 aromatic carbocycles. The molecule has 1 aromatic rings. The maximum Gasteiger partial charge on any atom is 0.234 e. The molecule has 0 radical (unpaired) electrons. The lowest BCUT2D eigenvalue weighted by atomic mass is 10.1. The van der Waals surface area contributed by atoms with E-state index in [-0.39, 0.29) is 11.9 Å². The van der Waals surface area contributed by atoms with Crippen LogP contribution in [0.1, 0.15) is 49.8 Å². The summed E-state index contributed by atoms with van der Waals surface area (Å²) in [6.07, 6.45) is 4.77. The third-order valence-corrected chi connectivity index (χ3v) is 3.87. The second kappa shape index (κ2) is 6.71. The first-order valence-electron chi connectivity index (χ1n) is 7.24. The highest BCUT2D eigenvalue weighted by atomic mass is 16.1. The van der Waals surface area contributed by atoms with Crippen molar-refractivity contribution < 1.29 is 4.79 Å². The van der Waals surface area contributed by atoms with E-state index in [1.54, 1.807) is 0 Å². The first-order chi connectivity index (χ1) is 9.15. The number of rotatable bonds is 5. The van der Waals surface area contributed by atoms with Gasteiger partial charge in [-0.3, -0.25) is 4.79 Å². The van der Waals surface area contributed by atoms with Crippen molar-refractivity contribution in [3.8, 4) is 0 Å². The zero-order chi connectivity index (χ0) is 13.7. The minimum Gasteiger partial charge on any atom is -0.352 e. The Hall–Kier alpha value is -1.35. The maximum atomic E-state index is 11.8. The smallest absolute Gasteiger partial charge is 0.234 e. The predicted molar refractivity (Wildman–Crippen MR) is 78.0 cm³/mol. The first kappa shape index (κ1) is 14.1. The Labute approximate surface area is 115 Å². The van der Waals surface area contributed by atoms with Crippen molar-refractivity contribution in [2.45, 2.75) is 51.6 Å². The van der Waals surface area contributed by atoms with Gasteiger partial charge in [-0.2, -0.15) is 0 Å². The van der Waals surface area contributed by atoms with E-state index < -0.39 is 0 Å². The fraction of sp³-hybridized carbons (Fsp3) is 0.562. The molecule has 0 aliphatic heterocycles. The van der Waals surface area contributed by atoms with Gasteiger partial charge in [0.1, 0.15) is 0 Å². The Morgan fingerprint density at radius 2 is 1.89 bits per heavy atom. The lowest BCUT2D eigenvalue weighted by Gasteiger charge is -2.16. The molecule has 0 bridgehead atoms. The van der Waals surface area contributed by atoms with Crippen LogP contribution in [0.2, 0.25) is 0 Å². The normalized spacial score (nSPS) is 17.4. The molecular weight excluding hydrogens is 236 g/mol. The monoisotopic (exact) mass is 260 g/mol. The molecule has 19 heavy (non-hydrogen) atoms. The molecule has 0 saturated heterocycles. The standard InChI is InChI=1S/C16H24N2O/c1-12-7-9-14(10-8-12)13(2)17-11-16(19)18-15-5-3-4-6-15/h7-10,13,15,17H,3-6,11H2,1-2H3,(H,18,19)/t13-/m1/s1. The van der Waals surface area contributed by atoms with Crippen LogP contribution >= 0.6 is 0 Å². The summed E-state index contributed by atoms with van der Waals surface area (Å²) in [5.41, 5.74) is 2.48. The fourth-order valence-electron chi connectivity index (χ4n) is 2.57. The van der Waals surface area contributed by atoms with Crippen LogP contribution < -0.4 is 10.6 Å². The Kier molecular flexibility index (Phi) is 4.97. The van der Waals surface area contributed by atoms with Crippen molar-refractivity contribution in [1.29, 1.82) is 0 Å². The molecule has 0 aromatic heterocycles. The van der Waals surface area contributed by atoms with Crippen LogP contribution in [0.4, 0.5) is 0 Å². The van der Waals surface area contributed by atoms with Crippen molar-refractivity contribution in [2.24, 2.45) is 0 Å². The van der Waals surface area contributed by atoms with Crippen LogP contribution in [0.25, 0.3) is 0 Å². The van der Waals surface area contributed by atoms with Crippen LogP contribution in [-0.2, 0) is 4.79 Å².